The fourth-order valence-corrected chi connectivity index (χ4v) is 3.73. The number of nitrogens with zero attached hydrogens (tertiary/aromatic N) is 1. The smallest absolute Gasteiger partial charge is 0.112 e. The molecular formula is C13H20N2OS. The zero-order valence-electron chi connectivity index (χ0n) is 10.2. The van der Waals surface area contributed by atoms with Crippen LogP contribution in [-0.2, 0) is 4.74 Å². The van der Waals surface area contributed by atoms with Crippen LogP contribution in [0.4, 0.5) is 0 Å². The Kier molecular flexibility index (Phi) is 3.74. The van der Waals surface area contributed by atoms with E-state index in [-0.39, 0.29) is 0 Å². The van der Waals surface area contributed by atoms with Crippen LogP contribution in [-0.4, -0.2) is 24.7 Å². The third kappa shape index (κ3) is 2.69. The summed E-state index contributed by atoms with van der Waals surface area (Å²) in [5, 5.41) is 6.95. The summed E-state index contributed by atoms with van der Waals surface area (Å²) in [5.41, 5.74) is 1.33. The van der Waals surface area contributed by atoms with E-state index in [0.29, 0.717) is 6.04 Å². The van der Waals surface area contributed by atoms with Crippen LogP contribution in [0.15, 0.2) is 5.38 Å². The minimum atomic E-state index is 0.325. The molecule has 1 unspecified atom stereocenters. The molecule has 1 N–H and O–H groups in total. The van der Waals surface area contributed by atoms with E-state index in [9.17, 15) is 0 Å². The molecule has 2 heterocycles. The standard InChI is InChI=1S/C13H20N2OS/c1-2-4-10(5-3-1)12-9-17-13(15-12)11-8-16-7-6-14-11/h9-11,14H,1-8H2. The van der Waals surface area contributed by atoms with Gasteiger partial charge in [-0.2, -0.15) is 0 Å². The van der Waals surface area contributed by atoms with E-state index >= 15 is 0 Å². The zero-order valence-corrected chi connectivity index (χ0v) is 11.0. The number of morpholine rings is 1. The summed E-state index contributed by atoms with van der Waals surface area (Å²) in [4.78, 5) is 4.83. The predicted molar refractivity (Wildman–Crippen MR) is 69.5 cm³/mol. The van der Waals surface area contributed by atoms with Crippen LogP contribution in [0.2, 0.25) is 0 Å². The Morgan fingerprint density at radius 3 is 2.94 bits per heavy atom. The molecule has 1 aliphatic heterocycles. The van der Waals surface area contributed by atoms with Crippen molar-refractivity contribution in [2.45, 2.75) is 44.1 Å². The molecule has 1 atom stereocenters. The molecule has 4 heteroatoms. The molecule has 0 amide bonds. The van der Waals surface area contributed by atoms with Gasteiger partial charge in [0.1, 0.15) is 5.01 Å². The first-order chi connectivity index (χ1) is 8.43. The molecule has 0 aromatic carbocycles. The molecule has 3 nitrogen and oxygen atoms in total. The average molecular weight is 252 g/mol. The summed E-state index contributed by atoms with van der Waals surface area (Å²) in [6.07, 6.45) is 6.83. The van der Waals surface area contributed by atoms with E-state index < -0.39 is 0 Å². The maximum absolute atomic E-state index is 5.50. The molecule has 0 radical (unpaired) electrons. The first-order valence-corrected chi connectivity index (χ1v) is 7.58. The molecule has 3 rings (SSSR count). The summed E-state index contributed by atoms with van der Waals surface area (Å²) in [7, 11) is 0. The zero-order chi connectivity index (χ0) is 11.5. The van der Waals surface area contributed by atoms with Crippen molar-refractivity contribution in [2.75, 3.05) is 19.8 Å². The number of hydrogen-bond acceptors (Lipinski definition) is 4. The van der Waals surface area contributed by atoms with Crippen molar-refractivity contribution in [1.29, 1.82) is 0 Å². The Morgan fingerprint density at radius 1 is 1.29 bits per heavy atom. The van der Waals surface area contributed by atoms with Gasteiger partial charge in [-0.05, 0) is 12.8 Å². The monoisotopic (exact) mass is 252 g/mol. The third-order valence-corrected chi connectivity index (χ3v) is 4.76. The van der Waals surface area contributed by atoms with Gasteiger partial charge in [0, 0.05) is 17.8 Å². The first kappa shape index (κ1) is 11.6. The van der Waals surface area contributed by atoms with Crippen molar-refractivity contribution in [3.63, 3.8) is 0 Å². The minimum absolute atomic E-state index is 0.325. The van der Waals surface area contributed by atoms with Crippen molar-refractivity contribution in [3.05, 3.63) is 16.1 Å². The van der Waals surface area contributed by atoms with E-state index in [2.05, 4.69) is 10.7 Å². The van der Waals surface area contributed by atoms with Gasteiger partial charge in [-0.1, -0.05) is 19.3 Å². The van der Waals surface area contributed by atoms with E-state index in [1.165, 1.54) is 42.8 Å². The number of thiazole rings is 1. The largest absolute Gasteiger partial charge is 0.378 e. The van der Waals surface area contributed by atoms with E-state index in [1.807, 2.05) is 0 Å². The molecule has 1 aromatic rings. The van der Waals surface area contributed by atoms with Crippen molar-refractivity contribution in [2.24, 2.45) is 0 Å². The number of rotatable bonds is 2. The first-order valence-electron chi connectivity index (χ1n) is 6.70. The van der Waals surface area contributed by atoms with Crippen molar-refractivity contribution in [1.82, 2.24) is 10.3 Å². The summed E-state index contributed by atoms with van der Waals surface area (Å²) >= 11 is 1.80. The van der Waals surface area contributed by atoms with Crippen LogP contribution in [0.25, 0.3) is 0 Å². The summed E-state index contributed by atoms with van der Waals surface area (Å²) < 4.78 is 5.50. The predicted octanol–water partition coefficient (Wildman–Crippen LogP) is 2.85. The average Bonchev–Trinajstić information content (AvgIpc) is 2.90. The van der Waals surface area contributed by atoms with Gasteiger partial charge in [-0.25, -0.2) is 4.98 Å². The lowest BCUT2D eigenvalue weighted by Gasteiger charge is -2.22. The molecule has 94 valence electrons. The second kappa shape index (κ2) is 5.46. The number of aromatic nitrogens is 1. The molecule has 1 aliphatic carbocycles. The molecule has 2 aliphatic rings. The molecule has 1 saturated carbocycles. The lowest BCUT2D eigenvalue weighted by Crippen LogP contribution is -2.34. The van der Waals surface area contributed by atoms with Crippen LogP contribution < -0.4 is 5.32 Å². The Hall–Kier alpha value is -0.450. The molecule has 1 saturated heterocycles. The highest BCUT2D eigenvalue weighted by atomic mass is 32.1. The van der Waals surface area contributed by atoms with Gasteiger partial charge in [0.25, 0.3) is 0 Å². The Morgan fingerprint density at radius 2 is 2.18 bits per heavy atom. The molecule has 0 spiro atoms. The molecule has 1 aromatic heterocycles. The van der Waals surface area contributed by atoms with Crippen molar-refractivity contribution < 1.29 is 4.74 Å². The van der Waals surface area contributed by atoms with Crippen LogP contribution >= 0.6 is 11.3 Å². The molecular weight excluding hydrogens is 232 g/mol. The van der Waals surface area contributed by atoms with Gasteiger partial charge in [-0.3, -0.25) is 0 Å². The molecule has 0 bridgehead atoms. The highest BCUT2D eigenvalue weighted by Crippen LogP contribution is 2.34. The minimum Gasteiger partial charge on any atom is -0.378 e. The Balaban J connectivity index is 1.68. The highest BCUT2D eigenvalue weighted by molar-refractivity contribution is 7.09. The normalized spacial score (nSPS) is 27.2. The van der Waals surface area contributed by atoms with E-state index in [0.717, 1.165) is 25.7 Å². The number of ether oxygens (including phenoxy) is 1. The Bertz CT molecular complexity index is 322. The van der Waals surface area contributed by atoms with Gasteiger partial charge in [0.05, 0.1) is 24.9 Å². The maximum atomic E-state index is 5.50. The van der Waals surface area contributed by atoms with Gasteiger partial charge in [0.15, 0.2) is 0 Å². The van der Waals surface area contributed by atoms with Gasteiger partial charge < -0.3 is 10.1 Å². The van der Waals surface area contributed by atoms with Gasteiger partial charge in [-0.15, -0.1) is 11.3 Å². The van der Waals surface area contributed by atoms with Crippen molar-refractivity contribution in [3.8, 4) is 0 Å². The van der Waals surface area contributed by atoms with Crippen LogP contribution in [0, 0.1) is 0 Å². The summed E-state index contributed by atoms with van der Waals surface area (Å²) in [6, 6.07) is 0.325. The lowest BCUT2D eigenvalue weighted by molar-refractivity contribution is 0.0767. The van der Waals surface area contributed by atoms with Crippen LogP contribution in [0.1, 0.15) is 54.8 Å². The second-order valence-electron chi connectivity index (χ2n) is 5.03. The number of hydrogen-bond donors (Lipinski definition) is 1. The van der Waals surface area contributed by atoms with Crippen LogP contribution in [0.5, 0.6) is 0 Å². The Labute approximate surface area is 107 Å². The third-order valence-electron chi connectivity index (χ3n) is 3.78. The molecule has 2 fully saturated rings. The fourth-order valence-electron chi connectivity index (χ4n) is 2.77. The van der Waals surface area contributed by atoms with Gasteiger partial charge >= 0.3 is 0 Å². The second-order valence-corrected chi connectivity index (χ2v) is 5.92. The fraction of sp³-hybridized carbons (Fsp3) is 0.769. The van der Waals surface area contributed by atoms with Crippen molar-refractivity contribution >= 4 is 11.3 Å². The lowest BCUT2D eigenvalue weighted by atomic mass is 9.87. The molecule has 17 heavy (non-hydrogen) atoms. The summed E-state index contributed by atoms with van der Waals surface area (Å²) in [5.74, 6) is 0.721. The maximum Gasteiger partial charge on any atom is 0.112 e. The van der Waals surface area contributed by atoms with E-state index in [1.54, 1.807) is 11.3 Å². The highest BCUT2D eigenvalue weighted by Gasteiger charge is 2.22. The van der Waals surface area contributed by atoms with Crippen LogP contribution in [0.3, 0.4) is 0 Å². The summed E-state index contributed by atoms with van der Waals surface area (Å²) in [6.45, 7) is 2.55. The van der Waals surface area contributed by atoms with E-state index in [4.69, 9.17) is 9.72 Å². The topological polar surface area (TPSA) is 34.1 Å². The SMILES string of the molecule is c1sc(C2COCCN2)nc1C1CCCCC1. The quantitative estimate of drug-likeness (QED) is 0.879. The van der Waals surface area contributed by atoms with Gasteiger partial charge in [0.2, 0.25) is 0 Å². The number of nitrogens with one attached hydrogen (secondary N) is 1.